The molecule has 140 valence electrons. The van der Waals surface area contributed by atoms with Gasteiger partial charge in [0.05, 0.1) is 6.54 Å². The minimum Gasteiger partial charge on any atom is -0.388 e. The Bertz CT molecular complexity index is 241. The van der Waals surface area contributed by atoms with Crippen LogP contribution in [0.2, 0.25) is 0 Å². The molecule has 0 radical (unpaired) electrons. The highest BCUT2D eigenvalue weighted by Crippen LogP contribution is 2.16. The maximum Gasteiger partial charge on any atom is 0.105 e. The summed E-state index contributed by atoms with van der Waals surface area (Å²) < 4.78 is 0.614. The fraction of sp³-hybridized carbons (Fsp3) is 1.00. The molecule has 0 heterocycles. The van der Waals surface area contributed by atoms with Gasteiger partial charge < -0.3 is 19.8 Å². The first-order valence-electron chi connectivity index (χ1n) is 9.70. The van der Waals surface area contributed by atoms with Gasteiger partial charge >= 0.3 is 0 Å². The van der Waals surface area contributed by atoms with Crippen LogP contribution in [0.1, 0.15) is 79.1 Å². The molecule has 0 saturated carbocycles. The molecule has 3 unspecified atom stereocenters. The van der Waals surface area contributed by atoms with Crippen molar-refractivity contribution in [3.05, 3.63) is 0 Å². The summed E-state index contributed by atoms with van der Waals surface area (Å²) in [6.45, 7) is 10.4. The molecule has 4 heteroatoms. The minimum absolute atomic E-state index is 0.415. The summed E-state index contributed by atoms with van der Waals surface area (Å²) >= 11 is 0. The maximum atomic E-state index is 9.86. The van der Waals surface area contributed by atoms with Crippen molar-refractivity contribution in [3.63, 3.8) is 0 Å². The highest BCUT2D eigenvalue weighted by atomic mass is 16.3. The molecule has 0 spiro atoms. The van der Waals surface area contributed by atoms with Crippen LogP contribution in [0.25, 0.3) is 0 Å². The minimum atomic E-state index is -0.415. The molecule has 0 aromatic rings. The van der Waals surface area contributed by atoms with E-state index in [9.17, 15) is 15.3 Å². The van der Waals surface area contributed by atoms with Crippen LogP contribution in [0.5, 0.6) is 0 Å². The first-order chi connectivity index (χ1) is 10.8. The lowest BCUT2D eigenvalue weighted by Crippen LogP contribution is -2.58. The number of aliphatic hydroxyl groups excluding tert-OH is 3. The third-order valence-electron chi connectivity index (χ3n) is 4.44. The van der Waals surface area contributed by atoms with E-state index >= 15 is 0 Å². The highest BCUT2D eigenvalue weighted by molar-refractivity contribution is 4.58. The molecule has 0 aliphatic carbocycles. The Morgan fingerprint density at radius 1 is 0.609 bits per heavy atom. The lowest BCUT2D eigenvalue weighted by molar-refractivity contribution is -0.936. The molecule has 4 nitrogen and oxygen atoms in total. The summed E-state index contributed by atoms with van der Waals surface area (Å²) in [6.07, 6.45) is 8.95. The molecule has 0 aromatic heterocycles. The van der Waals surface area contributed by atoms with E-state index in [1.165, 1.54) is 44.9 Å². The monoisotopic (exact) mass is 332 g/mol. The number of nitrogens with zero attached hydrogens (tertiary/aromatic N) is 1. The van der Waals surface area contributed by atoms with E-state index in [1.807, 2.05) is 0 Å². The van der Waals surface area contributed by atoms with Gasteiger partial charge in [0.25, 0.3) is 0 Å². The first kappa shape index (κ1) is 22.8. The smallest absolute Gasteiger partial charge is 0.105 e. The summed E-state index contributed by atoms with van der Waals surface area (Å²) in [5.74, 6) is 0. The van der Waals surface area contributed by atoms with Crippen LogP contribution in [-0.2, 0) is 0 Å². The van der Waals surface area contributed by atoms with E-state index in [4.69, 9.17) is 0 Å². The van der Waals surface area contributed by atoms with Gasteiger partial charge in [-0.15, -0.1) is 0 Å². The zero-order chi connectivity index (χ0) is 17.7. The van der Waals surface area contributed by atoms with E-state index in [-0.39, 0.29) is 0 Å². The molecule has 0 bridgehead atoms. The first-order valence-corrected chi connectivity index (χ1v) is 9.70. The van der Waals surface area contributed by atoms with Crippen LogP contribution in [0.4, 0.5) is 0 Å². The van der Waals surface area contributed by atoms with Crippen LogP contribution < -0.4 is 0 Å². The van der Waals surface area contributed by atoms with Gasteiger partial charge in [-0.1, -0.05) is 45.4 Å². The van der Waals surface area contributed by atoms with Gasteiger partial charge in [-0.05, 0) is 33.6 Å². The normalized spacial score (nSPS) is 18.4. The number of hydrogen-bond donors (Lipinski definition) is 3. The van der Waals surface area contributed by atoms with Crippen molar-refractivity contribution in [3.8, 4) is 0 Å². The third-order valence-corrected chi connectivity index (χ3v) is 4.44. The highest BCUT2D eigenvalue weighted by Gasteiger charge is 2.31. The van der Waals surface area contributed by atoms with Crippen LogP contribution in [0.3, 0.4) is 0 Å². The number of rotatable bonds is 15. The Morgan fingerprint density at radius 3 is 1.30 bits per heavy atom. The SMILES string of the molecule is CCCCCCCCCC[N+](CC(C)O)(CC(C)O)CC(C)O. The number of unbranched alkanes of at least 4 members (excludes halogenated alkanes) is 7. The van der Waals surface area contributed by atoms with Gasteiger partial charge in [0.2, 0.25) is 0 Å². The molecule has 0 fully saturated rings. The average Bonchev–Trinajstić information content (AvgIpc) is 2.39. The Balaban J connectivity index is 4.32. The van der Waals surface area contributed by atoms with Crippen molar-refractivity contribution in [1.82, 2.24) is 0 Å². The molecule has 0 aliphatic rings. The van der Waals surface area contributed by atoms with Crippen LogP contribution in [0.15, 0.2) is 0 Å². The molecular formula is C19H42NO3+. The molecule has 0 aromatic carbocycles. The van der Waals surface area contributed by atoms with Gasteiger partial charge in [0.1, 0.15) is 37.9 Å². The van der Waals surface area contributed by atoms with Crippen molar-refractivity contribution in [1.29, 1.82) is 0 Å². The Kier molecular flexibility index (Phi) is 13.1. The van der Waals surface area contributed by atoms with Crippen molar-refractivity contribution in [2.75, 3.05) is 26.2 Å². The Hall–Kier alpha value is -0.160. The van der Waals surface area contributed by atoms with Crippen LogP contribution >= 0.6 is 0 Å². The molecule has 3 atom stereocenters. The van der Waals surface area contributed by atoms with E-state index in [0.29, 0.717) is 24.1 Å². The van der Waals surface area contributed by atoms with E-state index < -0.39 is 18.3 Å². The predicted octanol–water partition coefficient (Wildman–Crippen LogP) is 3.09. The van der Waals surface area contributed by atoms with Crippen molar-refractivity contribution in [2.45, 2.75) is 97.4 Å². The number of quaternary nitrogens is 1. The Labute approximate surface area is 144 Å². The van der Waals surface area contributed by atoms with E-state index in [0.717, 1.165) is 13.0 Å². The van der Waals surface area contributed by atoms with Gasteiger partial charge in [-0.25, -0.2) is 0 Å². The van der Waals surface area contributed by atoms with Gasteiger partial charge in [-0.3, -0.25) is 0 Å². The summed E-state index contributed by atoms with van der Waals surface area (Å²) in [7, 11) is 0. The van der Waals surface area contributed by atoms with Crippen LogP contribution in [-0.4, -0.2) is 64.3 Å². The molecular weight excluding hydrogens is 290 g/mol. The van der Waals surface area contributed by atoms with Gasteiger partial charge in [0, 0.05) is 0 Å². The predicted molar refractivity (Wildman–Crippen MR) is 97.4 cm³/mol. The van der Waals surface area contributed by atoms with Gasteiger partial charge in [0.15, 0.2) is 0 Å². The summed E-state index contributed by atoms with van der Waals surface area (Å²) in [5.41, 5.74) is 0. The molecule has 0 amide bonds. The van der Waals surface area contributed by atoms with Crippen molar-refractivity contribution < 1.29 is 19.8 Å². The van der Waals surface area contributed by atoms with E-state index in [1.54, 1.807) is 20.8 Å². The molecule has 23 heavy (non-hydrogen) atoms. The van der Waals surface area contributed by atoms with Crippen LogP contribution in [0, 0.1) is 0 Å². The lowest BCUT2D eigenvalue weighted by atomic mass is 10.1. The molecule has 0 rings (SSSR count). The largest absolute Gasteiger partial charge is 0.388 e. The molecule has 0 aliphatic heterocycles. The summed E-state index contributed by atoms with van der Waals surface area (Å²) in [6, 6.07) is 0. The fourth-order valence-corrected chi connectivity index (χ4v) is 3.76. The molecule has 0 saturated heterocycles. The second-order valence-electron chi connectivity index (χ2n) is 7.63. The Morgan fingerprint density at radius 2 is 0.957 bits per heavy atom. The number of aliphatic hydroxyl groups is 3. The second kappa shape index (κ2) is 13.2. The van der Waals surface area contributed by atoms with Crippen molar-refractivity contribution in [2.24, 2.45) is 0 Å². The standard InChI is InChI=1S/C19H42NO3/c1-5-6-7-8-9-10-11-12-13-20(14-17(2)21,15-18(3)22)16-19(4)23/h17-19,21-23H,5-16H2,1-4H3/q+1. The topological polar surface area (TPSA) is 60.7 Å². The zero-order valence-electron chi connectivity index (χ0n) is 16.0. The maximum absolute atomic E-state index is 9.86. The second-order valence-corrected chi connectivity index (χ2v) is 7.63. The summed E-state index contributed by atoms with van der Waals surface area (Å²) in [4.78, 5) is 0. The zero-order valence-corrected chi connectivity index (χ0v) is 16.0. The average molecular weight is 333 g/mol. The quantitative estimate of drug-likeness (QED) is 0.319. The van der Waals surface area contributed by atoms with Crippen molar-refractivity contribution >= 4 is 0 Å². The van der Waals surface area contributed by atoms with Gasteiger partial charge in [-0.2, -0.15) is 0 Å². The number of hydrogen-bond acceptors (Lipinski definition) is 3. The lowest BCUT2D eigenvalue weighted by Gasteiger charge is -2.41. The van der Waals surface area contributed by atoms with E-state index in [2.05, 4.69) is 6.92 Å². The third kappa shape index (κ3) is 12.9. The molecule has 3 N–H and O–H groups in total. The summed E-state index contributed by atoms with van der Waals surface area (Å²) in [5, 5.41) is 29.6. The fourth-order valence-electron chi connectivity index (χ4n) is 3.76.